The zero-order valence-electron chi connectivity index (χ0n) is 16.1. The third-order valence-electron chi connectivity index (χ3n) is 4.61. The molecule has 0 spiro atoms. The molecule has 7 heteroatoms. The summed E-state index contributed by atoms with van der Waals surface area (Å²) in [6.07, 6.45) is 3.86. The zero-order chi connectivity index (χ0) is 17.4. The molecule has 0 atom stereocenters. The maximum atomic E-state index is 4.66. The van der Waals surface area contributed by atoms with E-state index in [9.17, 15) is 0 Å². The largest absolute Gasteiger partial charge is 0.357 e. The molecular weight excluding hydrogens is 445 g/mol. The van der Waals surface area contributed by atoms with E-state index < -0.39 is 0 Å². The quantitative estimate of drug-likeness (QED) is 0.272. The first kappa shape index (κ1) is 22.6. The molecular formula is C18H34IN5S. The zero-order valence-corrected chi connectivity index (χ0v) is 19.2. The van der Waals surface area contributed by atoms with Gasteiger partial charge in [-0.15, -0.1) is 35.3 Å². The molecule has 1 aliphatic rings. The van der Waals surface area contributed by atoms with Crippen LogP contribution in [0.15, 0.2) is 4.99 Å². The van der Waals surface area contributed by atoms with Crippen molar-refractivity contribution in [3.8, 4) is 0 Å². The van der Waals surface area contributed by atoms with Gasteiger partial charge in [0.25, 0.3) is 0 Å². The van der Waals surface area contributed by atoms with Crippen LogP contribution in [0.25, 0.3) is 0 Å². The molecule has 2 N–H and O–H groups in total. The van der Waals surface area contributed by atoms with Gasteiger partial charge in [0, 0.05) is 18.0 Å². The molecule has 0 saturated carbocycles. The number of halogens is 1. The van der Waals surface area contributed by atoms with Crippen molar-refractivity contribution in [1.82, 2.24) is 20.5 Å². The normalized spacial score (nSPS) is 16.6. The molecule has 0 unspecified atom stereocenters. The van der Waals surface area contributed by atoms with Crippen molar-refractivity contribution in [2.75, 3.05) is 32.7 Å². The fourth-order valence-electron chi connectivity index (χ4n) is 2.89. The SMILES string of the molecule is CCNC(=NCc1nc(C)c(C)s1)NCCCN1CCC(C)CC1.I. The number of aryl methyl sites for hydroxylation is 2. The number of hydrogen-bond donors (Lipinski definition) is 2. The van der Waals surface area contributed by atoms with E-state index in [1.54, 1.807) is 11.3 Å². The van der Waals surface area contributed by atoms with Crippen molar-refractivity contribution in [3.63, 3.8) is 0 Å². The Kier molecular flexibility index (Phi) is 10.9. The van der Waals surface area contributed by atoms with Gasteiger partial charge in [-0.2, -0.15) is 0 Å². The van der Waals surface area contributed by atoms with Gasteiger partial charge in [0.2, 0.25) is 0 Å². The lowest BCUT2D eigenvalue weighted by atomic mass is 9.99. The van der Waals surface area contributed by atoms with Crippen LogP contribution in [-0.4, -0.2) is 48.6 Å². The van der Waals surface area contributed by atoms with Crippen molar-refractivity contribution in [2.24, 2.45) is 10.9 Å². The molecule has 0 aromatic carbocycles. The van der Waals surface area contributed by atoms with E-state index in [2.05, 4.69) is 53.2 Å². The highest BCUT2D eigenvalue weighted by Crippen LogP contribution is 2.17. The monoisotopic (exact) mass is 479 g/mol. The number of thiazole rings is 1. The molecule has 25 heavy (non-hydrogen) atoms. The minimum absolute atomic E-state index is 0. The van der Waals surface area contributed by atoms with Crippen LogP contribution in [0, 0.1) is 19.8 Å². The Bertz CT molecular complexity index is 504. The third kappa shape index (κ3) is 8.21. The van der Waals surface area contributed by atoms with Gasteiger partial charge in [0.15, 0.2) is 5.96 Å². The lowest BCUT2D eigenvalue weighted by Gasteiger charge is -2.30. The average molecular weight is 479 g/mol. The third-order valence-corrected chi connectivity index (χ3v) is 5.67. The van der Waals surface area contributed by atoms with Crippen LogP contribution in [0.3, 0.4) is 0 Å². The fraction of sp³-hybridized carbons (Fsp3) is 0.778. The second kappa shape index (κ2) is 12.1. The minimum atomic E-state index is 0. The number of nitrogens with one attached hydrogen (secondary N) is 2. The Hall–Kier alpha value is -0.410. The summed E-state index contributed by atoms with van der Waals surface area (Å²) in [5, 5.41) is 7.86. The summed E-state index contributed by atoms with van der Waals surface area (Å²) in [7, 11) is 0. The highest BCUT2D eigenvalue weighted by Gasteiger charge is 2.14. The van der Waals surface area contributed by atoms with Crippen molar-refractivity contribution in [1.29, 1.82) is 0 Å². The van der Waals surface area contributed by atoms with Gasteiger partial charge in [-0.05, 0) is 65.6 Å². The number of aliphatic imine (C=N–C) groups is 1. The first-order valence-corrected chi connectivity index (χ1v) is 10.1. The lowest BCUT2D eigenvalue weighted by molar-refractivity contribution is 0.191. The molecule has 0 amide bonds. The molecule has 2 rings (SSSR count). The van der Waals surface area contributed by atoms with Gasteiger partial charge in [-0.3, -0.25) is 0 Å². The summed E-state index contributed by atoms with van der Waals surface area (Å²) in [5.74, 6) is 1.81. The van der Waals surface area contributed by atoms with Crippen LogP contribution in [0.2, 0.25) is 0 Å². The number of nitrogens with zero attached hydrogens (tertiary/aromatic N) is 3. The Morgan fingerprint density at radius 2 is 2.00 bits per heavy atom. The summed E-state index contributed by atoms with van der Waals surface area (Å²) in [6.45, 7) is 14.8. The van der Waals surface area contributed by atoms with E-state index in [1.165, 1.54) is 37.4 Å². The van der Waals surface area contributed by atoms with E-state index in [1.807, 2.05) is 0 Å². The predicted octanol–water partition coefficient (Wildman–Crippen LogP) is 3.56. The van der Waals surface area contributed by atoms with E-state index in [-0.39, 0.29) is 24.0 Å². The van der Waals surface area contributed by atoms with Crippen LogP contribution >= 0.6 is 35.3 Å². The maximum absolute atomic E-state index is 4.66. The second-order valence-corrected chi connectivity index (χ2v) is 8.04. The summed E-state index contributed by atoms with van der Waals surface area (Å²) < 4.78 is 0. The minimum Gasteiger partial charge on any atom is -0.357 e. The van der Waals surface area contributed by atoms with Crippen LogP contribution in [0.4, 0.5) is 0 Å². The summed E-state index contributed by atoms with van der Waals surface area (Å²) >= 11 is 1.74. The smallest absolute Gasteiger partial charge is 0.191 e. The summed E-state index contributed by atoms with van der Waals surface area (Å²) in [6, 6.07) is 0. The Labute approximate surface area is 174 Å². The topological polar surface area (TPSA) is 52.6 Å². The van der Waals surface area contributed by atoms with Crippen molar-refractivity contribution in [3.05, 3.63) is 15.6 Å². The first-order valence-electron chi connectivity index (χ1n) is 9.26. The van der Waals surface area contributed by atoms with E-state index in [0.717, 1.165) is 42.1 Å². The molecule has 2 heterocycles. The van der Waals surface area contributed by atoms with Gasteiger partial charge in [-0.25, -0.2) is 9.98 Å². The summed E-state index contributed by atoms with van der Waals surface area (Å²) in [4.78, 5) is 13.1. The molecule has 0 radical (unpaired) electrons. The molecule has 1 aromatic rings. The van der Waals surface area contributed by atoms with Crippen molar-refractivity contribution >= 4 is 41.3 Å². The maximum Gasteiger partial charge on any atom is 0.191 e. The second-order valence-electron chi connectivity index (χ2n) is 6.75. The van der Waals surface area contributed by atoms with Crippen molar-refractivity contribution < 1.29 is 0 Å². The number of rotatable bonds is 7. The predicted molar refractivity (Wildman–Crippen MR) is 119 cm³/mol. The number of likely N-dealkylation sites (tertiary alicyclic amines) is 1. The Balaban J connectivity index is 0.00000312. The summed E-state index contributed by atoms with van der Waals surface area (Å²) in [5.41, 5.74) is 1.12. The molecule has 5 nitrogen and oxygen atoms in total. The van der Waals surface area contributed by atoms with Crippen LogP contribution in [0.5, 0.6) is 0 Å². The van der Waals surface area contributed by atoms with Gasteiger partial charge in [0.1, 0.15) is 5.01 Å². The number of hydrogen-bond acceptors (Lipinski definition) is 4. The molecule has 1 aromatic heterocycles. The van der Waals surface area contributed by atoms with Crippen molar-refractivity contribution in [2.45, 2.75) is 53.5 Å². The van der Waals surface area contributed by atoms with E-state index >= 15 is 0 Å². The average Bonchev–Trinajstić information content (AvgIpc) is 2.89. The molecule has 1 saturated heterocycles. The van der Waals surface area contributed by atoms with E-state index in [4.69, 9.17) is 0 Å². The number of piperidine rings is 1. The van der Waals surface area contributed by atoms with Crippen LogP contribution in [-0.2, 0) is 6.54 Å². The van der Waals surface area contributed by atoms with Gasteiger partial charge in [0.05, 0.1) is 12.2 Å². The molecule has 144 valence electrons. The van der Waals surface area contributed by atoms with Crippen LogP contribution in [0.1, 0.15) is 48.7 Å². The molecule has 0 bridgehead atoms. The number of aromatic nitrogens is 1. The van der Waals surface area contributed by atoms with Gasteiger partial charge < -0.3 is 15.5 Å². The Morgan fingerprint density at radius 1 is 1.28 bits per heavy atom. The fourth-order valence-corrected chi connectivity index (χ4v) is 3.75. The van der Waals surface area contributed by atoms with Gasteiger partial charge >= 0.3 is 0 Å². The highest BCUT2D eigenvalue weighted by atomic mass is 127. The molecule has 1 fully saturated rings. The van der Waals surface area contributed by atoms with Gasteiger partial charge in [-0.1, -0.05) is 6.92 Å². The highest BCUT2D eigenvalue weighted by molar-refractivity contribution is 14.0. The first-order chi connectivity index (χ1) is 11.6. The number of guanidine groups is 1. The Morgan fingerprint density at radius 3 is 2.60 bits per heavy atom. The standard InChI is InChI=1S/C18H33N5S.HI/c1-5-19-18(21-13-17-22-15(3)16(4)24-17)20-9-6-10-23-11-7-14(2)8-12-23;/h14H,5-13H2,1-4H3,(H2,19,20,21);1H. The molecule has 1 aliphatic heterocycles. The van der Waals surface area contributed by atoms with Crippen LogP contribution < -0.4 is 10.6 Å². The van der Waals surface area contributed by atoms with E-state index in [0.29, 0.717) is 6.54 Å². The lowest BCUT2D eigenvalue weighted by Crippen LogP contribution is -2.39. The molecule has 0 aliphatic carbocycles.